The number of ether oxygens (including phenoxy) is 2. The van der Waals surface area contributed by atoms with Crippen molar-refractivity contribution in [3.8, 4) is 0 Å². The van der Waals surface area contributed by atoms with Crippen LogP contribution in [-0.2, 0) is 38.9 Å². The van der Waals surface area contributed by atoms with Gasteiger partial charge in [-0.3, -0.25) is 0 Å². The molecule has 5 rings (SSSR count). The molecule has 1 aliphatic carbocycles. The first-order valence-electron chi connectivity index (χ1n) is 13.6. The van der Waals surface area contributed by atoms with Gasteiger partial charge in [0.25, 0.3) is 10.0 Å². The zero-order valence-corrected chi connectivity index (χ0v) is 25.6. The summed E-state index contributed by atoms with van der Waals surface area (Å²) >= 11 is 1.28. The summed E-state index contributed by atoms with van der Waals surface area (Å²) in [6.45, 7) is 5.85. The summed E-state index contributed by atoms with van der Waals surface area (Å²) < 4.78 is 43.8. The molecule has 1 aliphatic rings. The van der Waals surface area contributed by atoms with Crippen LogP contribution in [0.2, 0.25) is 0 Å². The quantitative estimate of drug-likeness (QED) is 0.301. The Morgan fingerprint density at radius 3 is 2.52 bits per heavy atom. The summed E-state index contributed by atoms with van der Waals surface area (Å²) in [5, 5.41) is 5.11. The number of methoxy groups -OCH3 is 1. The van der Waals surface area contributed by atoms with Gasteiger partial charge in [0.05, 0.1) is 19.2 Å². The molecule has 0 saturated heterocycles. The molecule has 1 atom stereocenters. The molecule has 9 nitrogen and oxygen atoms in total. The fraction of sp³-hybridized carbons (Fsp3) is 0.323. The van der Waals surface area contributed by atoms with Crippen molar-refractivity contribution in [1.82, 2.24) is 9.88 Å². The zero-order chi connectivity index (χ0) is 30.1. The highest BCUT2D eigenvalue weighted by molar-refractivity contribution is 7.90. The van der Waals surface area contributed by atoms with Crippen LogP contribution in [0.5, 0.6) is 0 Å². The number of hydrogen-bond acceptors (Lipinski definition) is 7. The van der Waals surface area contributed by atoms with Crippen LogP contribution in [-0.4, -0.2) is 43.8 Å². The normalized spacial score (nSPS) is 15.7. The summed E-state index contributed by atoms with van der Waals surface area (Å²) in [5.41, 5.74) is 1.31. The molecule has 42 heavy (non-hydrogen) atoms. The third-order valence-electron chi connectivity index (χ3n) is 6.95. The highest BCUT2D eigenvalue weighted by Gasteiger charge is 2.28. The van der Waals surface area contributed by atoms with Crippen LogP contribution in [0.3, 0.4) is 0 Å². The lowest BCUT2D eigenvalue weighted by Gasteiger charge is -2.26. The van der Waals surface area contributed by atoms with Crippen LogP contribution in [0.15, 0.2) is 76.0 Å². The van der Waals surface area contributed by atoms with Crippen LogP contribution in [0, 0.1) is 0 Å². The standard InChI is InChI=1S/C31H33N3O6S2/c1-31(2,3)40-30(36)32-22-16-17-25-26(18-22)41-29(33-42(37,38)27-15-8-7-14-24(27)28(35)39-4)34(25)19-21-12-9-11-20-10-5-6-13-23(20)21/h5-15,22H,16-19H2,1-4H3,(H,32,36). The maximum Gasteiger partial charge on any atom is 0.407 e. The van der Waals surface area contributed by atoms with E-state index in [0.29, 0.717) is 30.6 Å². The number of aromatic nitrogens is 1. The van der Waals surface area contributed by atoms with Crippen LogP contribution < -0.4 is 10.1 Å². The number of fused-ring (bicyclic) bond motifs is 2. The van der Waals surface area contributed by atoms with E-state index in [1.807, 2.05) is 67.8 Å². The van der Waals surface area contributed by atoms with Gasteiger partial charge in [-0.25, -0.2) is 9.59 Å². The molecule has 1 N–H and O–H groups in total. The van der Waals surface area contributed by atoms with Crippen molar-refractivity contribution in [3.63, 3.8) is 0 Å². The molecular weight excluding hydrogens is 574 g/mol. The predicted octanol–water partition coefficient (Wildman–Crippen LogP) is 5.21. The second kappa shape index (κ2) is 11.7. The zero-order valence-electron chi connectivity index (χ0n) is 23.9. The third kappa shape index (κ3) is 6.42. The Morgan fingerprint density at radius 1 is 1.05 bits per heavy atom. The van der Waals surface area contributed by atoms with Gasteiger partial charge >= 0.3 is 12.1 Å². The highest BCUT2D eigenvalue weighted by Crippen LogP contribution is 2.28. The van der Waals surface area contributed by atoms with Gasteiger partial charge in [-0.2, -0.15) is 8.42 Å². The Morgan fingerprint density at radius 2 is 1.76 bits per heavy atom. The van der Waals surface area contributed by atoms with Crippen molar-refractivity contribution in [3.05, 3.63) is 93.2 Å². The first-order chi connectivity index (χ1) is 19.9. The molecule has 0 radical (unpaired) electrons. The van der Waals surface area contributed by atoms with E-state index in [2.05, 4.69) is 9.71 Å². The van der Waals surface area contributed by atoms with Gasteiger partial charge in [-0.05, 0) is 62.1 Å². The molecular formula is C31H33N3O6S2. The van der Waals surface area contributed by atoms with E-state index >= 15 is 0 Å². The van der Waals surface area contributed by atoms with Gasteiger partial charge in [0, 0.05) is 23.0 Å². The van der Waals surface area contributed by atoms with Crippen molar-refractivity contribution < 1.29 is 27.5 Å². The van der Waals surface area contributed by atoms with Crippen LogP contribution in [0.4, 0.5) is 4.79 Å². The number of thiazole rings is 1. The van der Waals surface area contributed by atoms with E-state index in [-0.39, 0.29) is 16.5 Å². The molecule has 1 amide bonds. The van der Waals surface area contributed by atoms with Gasteiger partial charge < -0.3 is 19.4 Å². The Labute approximate surface area is 248 Å². The molecule has 220 valence electrons. The van der Waals surface area contributed by atoms with Gasteiger partial charge in [-0.15, -0.1) is 15.7 Å². The monoisotopic (exact) mass is 607 g/mol. The van der Waals surface area contributed by atoms with Crippen molar-refractivity contribution in [2.45, 2.75) is 63.1 Å². The molecule has 0 spiro atoms. The largest absolute Gasteiger partial charge is 0.465 e. The van der Waals surface area contributed by atoms with Gasteiger partial charge in [0.2, 0.25) is 4.80 Å². The Kier molecular flexibility index (Phi) is 8.25. The molecule has 4 aromatic rings. The fourth-order valence-corrected chi connectivity index (χ4v) is 7.76. The lowest BCUT2D eigenvalue weighted by atomic mass is 9.97. The lowest BCUT2D eigenvalue weighted by molar-refractivity contribution is 0.0499. The van der Waals surface area contributed by atoms with Crippen molar-refractivity contribution in [1.29, 1.82) is 0 Å². The predicted molar refractivity (Wildman–Crippen MR) is 161 cm³/mol. The maximum absolute atomic E-state index is 13.7. The highest BCUT2D eigenvalue weighted by atomic mass is 32.2. The molecule has 11 heteroatoms. The number of esters is 1. The van der Waals surface area contributed by atoms with Gasteiger partial charge in [0.1, 0.15) is 10.5 Å². The molecule has 0 bridgehead atoms. The minimum absolute atomic E-state index is 0.0766. The SMILES string of the molecule is COC(=O)c1ccccc1S(=O)(=O)N=c1sc2c(n1Cc1cccc3ccccc13)CCC(NC(=O)OC(C)(C)C)C2. The van der Waals surface area contributed by atoms with Crippen molar-refractivity contribution in [2.24, 2.45) is 4.40 Å². The minimum atomic E-state index is -4.28. The van der Waals surface area contributed by atoms with E-state index in [1.165, 1.54) is 30.6 Å². The van der Waals surface area contributed by atoms with E-state index in [1.54, 1.807) is 12.1 Å². The molecule has 0 aliphatic heterocycles. The Hall–Kier alpha value is -3.96. The smallest absolute Gasteiger partial charge is 0.407 e. The molecule has 0 fully saturated rings. The topological polar surface area (TPSA) is 116 Å². The van der Waals surface area contributed by atoms with Gasteiger partial charge in [-0.1, -0.05) is 54.6 Å². The second-order valence-electron chi connectivity index (χ2n) is 11.1. The number of nitrogens with one attached hydrogen (secondary N) is 1. The first-order valence-corrected chi connectivity index (χ1v) is 15.9. The number of benzene rings is 3. The minimum Gasteiger partial charge on any atom is -0.465 e. The maximum atomic E-state index is 13.7. The van der Waals surface area contributed by atoms with E-state index in [0.717, 1.165) is 26.9 Å². The summed E-state index contributed by atoms with van der Waals surface area (Å²) in [6, 6.07) is 19.8. The second-order valence-corrected chi connectivity index (χ2v) is 13.8. The van der Waals surface area contributed by atoms with E-state index in [4.69, 9.17) is 9.47 Å². The lowest BCUT2D eigenvalue weighted by Crippen LogP contribution is -2.41. The number of nitrogens with zero attached hydrogens (tertiary/aromatic N) is 2. The summed E-state index contributed by atoms with van der Waals surface area (Å²) in [4.78, 5) is 25.8. The number of amides is 1. The number of carbonyl (C=O) groups excluding carboxylic acids is 2. The van der Waals surface area contributed by atoms with Gasteiger partial charge in [0.15, 0.2) is 0 Å². The van der Waals surface area contributed by atoms with E-state index < -0.39 is 27.7 Å². The van der Waals surface area contributed by atoms with Crippen LogP contribution in [0.1, 0.15) is 53.7 Å². The Bertz CT molecular complexity index is 1830. The molecule has 1 heterocycles. The van der Waals surface area contributed by atoms with Crippen molar-refractivity contribution in [2.75, 3.05) is 7.11 Å². The molecule has 0 saturated carbocycles. The van der Waals surface area contributed by atoms with Crippen LogP contribution >= 0.6 is 11.3 Å². The number of hydrogen-bond donors (Lipinski definition) is 1. The Balaban J connectivity index is 1.59. The molecule has 3 aromatic carbocycles. The molecule has 1 aromatic heterocycles. The number of rotatable bonds is 6. The fourth-order valence-electron chi connectivity index (χ4n) is 5.11. The summed E-state index contributed by atoms with van der Waals surface area (Å²) in [5.74, 6) is -0.755. The third-order valence-corrected chi connectivity index (χ3v) is 9.54. The average molecular weight is 608 g/mol. The number of sulfonamides is 1. The number of alkyl carbamates (subject to hydrolysis) is 1. The van der Waals surface area contributed by atoms with E-state index in [9.17, 15) is 18.0 Å². The van der Waals surface area contributed by atoms with Crippen molar-refractivity contribution >= 4 is 44.2 Å². The van der Waals surface area contributed by atoms with Crippen LogP contribution in [0.25, 0.3) is 10.8 Å². The first kappa shape index (κ1) is 29.5. The summed E-state index contributed by atoms with van der Waals surface area (Å²) in [6.07, 6.45) is 1.31. The number of carbonyl (C=O) groups is 2. The summed E-state index contributed by atoms with van der Waals surface area (Å²) in [7, 11) is -3.08. The average Bonchev–Trinajstić information content (AvgIpc) is 3.26. The molecule has 1 unspecified atom stereocenters.